The van der Waals surface area contributed by atoms with Crippen LogP contribution in [0.4, 0.5) is 0 Å². The number of methoxy groups -OCH3 is 1. The van der Waals surface area contributed by atoms with Crippen LogP contribution in [0, 0.1) is 0 Å². The largest absolute Gasteiger partial charge is 0.496 e. The fraction of sp³-hybridized carbons (Fsp3) is 0.647. The van der Waals surface area contributed by atoms with Crippen molar-refractivity contribution >= 4 is 0 Å². The Bertz CT molecular complexity index is 400. The van der Waals surface area contributed by atoms with E-state index in [9.17, 15) is 0 Å². The topological polar surface area (TPSA) is 24.5 Å². The second-order valence-electron chi connectivity index (χ2n) is 5.87. The highest BCUT2D eigenvalue weighted by molar-refractivity contribution is 5.33. The van der Waals surface area contributed by atoms with Crippen LogP contribution >= 0.6 is 0 Å². The van der Waals surface area contributed by atoms with Crippen LogP contribution in [0.25, 0.3) is 0 Å². The van der Waals surface area contributed by atoms with E-state index in [-0.39, 0.29) is 0 Å². The Labute approximate surface area is 123 Å². The maximum absolute atomic E-state index is 5.46. The van der Waals surface area contributed by atoms with Gasteiger partial charge in [0.1, 0.15) is 5.75 Å². The van der Waals surface area contributed by atoms with Crippen LogP contribution < -0.4 is 10.1 Å². The lowest BCUT2D eigenvalue weighted by Gasteiger charge is -2.33. The molecule has 112 valence electrons. The Morgan fingerprint density at radius 1 is 1.30 bits per heavy atom. The first kappa shape index (κ1) is 15.3. The van der Waals surface area contributed by atoms with Crippen LogP contribution in [-0.4, -0.2) is 44.2 Å². The van der Waals surface area contributed by atoms with Crippen molar-refractivity contribution in [2.24, 2.45) is 0 Å². The molecule has 1 aromatic carbocycles. The molecule has 1 heterocycles. The Morgan fingerprint density at radius 2 is 2.10 bits per heavy atom. The SMILES string of the molecule is COc1ccccc1CC(C)N(C)C1CCCNCC1. The molecular formula is C17H28N2O. The van der Waals surface area contributed by atoms with Crippen molar-refractivity contribution in [2.45, 2.75) is 44.7 Å². The van der Waals surface area contributed by atoms with Gasteiger partial charge in [-0.15, -0.1) is 0 Å². The van der Waals surface area contributed by atoms with Gasteiger partial charge >= 0.3 is 0 Å². The van der Waals surface area contributed by atoms with Crippen molar-refractivity contribution in [2.75, 3.05) is 27.2 Å². The molecule has 2 rings (SSSR count). The van der Waals surface area contributed by atoms with Gasteiger partial charge in [-0.05, 0) is 64.4 Å². The summed E-state index contributed by atoms with van der Waals surface area (Å²) in [7, 11) is 4.03. The molecule has 1 aliphatic rings. The molecular weight excluding hydrogens is 248 g/mol. The van der Waals surface area contributed by atoms with E-state index in [2.05, 4.69) is 42.4 Å². The van der Waals surface area contributed by atoms with Gasteiger partial charge in [-0.2, -0.15) is 0 Å². The summed E-state index contributed by atoms with van der Waals surface area (Å²) in [5, 5.41) is 3.49. The molecule has 1 N–H and O–H groups in total. The summed E-state index contributed by atoms with van der Waals surface area (Å²) in [6.45, 7) is 4.65. The molecule has 1 aromatic rings. The first-order chi connectivity index (χ1) is 9.72. The van der Waals surface area contributed by atoms with Crippen molar-refractivity contribution in [3.63, 3.8) is 0 Å². The predicted octanol–water partition coefficient (Wildman–Crippen LogP) is 2.70. The highest BCUT2D eigenvalue weighted by Crippen LogP contribution is 2.22. The van der Waals surface area contributed by atoms with Crippen LogP contribution in [-0.2, 0) is 6.42 Å². The Hall–Kier alpha value is -1.06. The molecule has 20 heavy (non-hydrogen) atoms. The average Bonchev–Trinajstić information content (AvgIpc) is 2.76. The van der Waals surface area contributed by atoms with Crippen molar-refractivity contribution in [1.29, 1.82) is 0 Å². The van der Waals surface area contributed by atoms with Gasteiger partial charge in [0, 0.05) is 12.1 Å². The minimum absolute atomic E-state index is 0.536. The van der Waals surface area contributed by atoms with E-state index < -0.39 is 0 Å². The van der Waals surface area contributed by atoms with E-state index in [1.807, 2.05) is 6.07 Å². The molecule has 0 radical (unpaired) electrons. The molecule has 0 aromatic heterocycles. The third-order valence-corrected chi connectivity index (χ3v) is 4.52. The number of nitrogens with zero attached hydrogens (tertiary/aromatic N) is 1. The zero-order valence-electron chi connectivity index (χ0n) is 13.1. The molecule has 0 spiro atoms. The smallest absolute Gasteiger partial charge is 0.122 e. The van der Waals surface area contributed by atoms with E-state index in [1.165, 1.54) is 31.4 Å². The summed E-state index contributed by atoms with van der Waals surface area (Å²) in [6.07, 6.45) is 4.90. The first-order valence-electron chi connectivity index (χ1n) is 7.77. The normalized spacial score (nSPS) is 21.5. The quantitative estimate of drug-likeness (QED) is 0.895. The summed E-state index contributed by atoms with van der Waals surface area (Å²) in [4.78, 5) is 2.56. The van der Waals surface area contributed by atoms with Gasteiger partial charge in [0.15, 0.2) is 0 Å². The van der Waals surface area contributed by atoms with Crippen molar-refractivity contribution in [1.82, 2.24) is 10.2 Å². The number of hydrogen-bond donors (Lipinski definition) is 1. The van der Waals surface area contributed by atoms with Crippen LogP contribution in [0.2, 0.25) is 0 Å². The van der Waals surface area contributed by atoms with Crippen molar-refractivity contribution in [3.8, 4) is 5.75 Å². The maximum atomic E-state index is 5.46. The van der Waals surface area contributed by atoms with Gasteiger partial charge in [-0.1, -0.05) is 18.2 Å². The second-order valence-corrected chi connectivity index (χ2v) is 5.87. The van der Waals surface area contributed by atoms with Crippen molar-refractivity contribution in [3.05, 3.63) is 29.8 Å². The lowest BCUT2D eigenvalue weighted by Crippen LogP contribution is -2.40. The average molecular weight is 276 g/mol. The Balaban J connectivity index is 1.97. The number of ether oxygens (including phenoxy) is 1. The van der Waals surface area contributed by atoms with Crippen LogP contribution in [0.15, 0.2) is 24.3 Å². The summed E-state index contributed by atoms with van der Waals surface area (Å²) >= 11 is 0. The zero-order valence-corrected chi connectivity index (χ0v) is 13.1. The highest BCUT2D eigenvalue weighted by atomic mass is 16.5. The van der Waals surface area contributed by atoms with Gasteiger partial charge in [0.25, 0.3) is 0 Å². The van der Waals surface area contributed by atoms with Gasteiger partial charge in [-0.3, -0.25) is 0 Å². The maximum Gasteiger partial charge on any atom is 0.122 e. The van der Waals surface area contributed by atoms with Crippen LogP contribution in [0.1, 0.15) is 31.7 Å². The van der Waals surface area contributed by atoms with Gasteiger partial charge in [0.2, 0.25) is 0 Å². The highest BCUT2D eigenvalue weighted by Gasteiger charge is 2.21. The third-order valence-electron chi connectivity index (χ3n) is 4.52. The molecule has 0 amide bonds. The Morgan fingerprint density at radius 3 is 2.90 bits per heavy atom. The molecule has 2 unspecified atom stereocenters. The third kappa shape index (κ3) is 3.97. The number of rotatable bonds is 5. The first-order valence-corrected chi connectivity index (χ1v) is 7.77. The summed E-state index contributed by atoms with van der Waals surface area (Å²) < 4.78 is 5.46. The number of nitrogens with one attached hydrogen (secondary N) is 1. The van der Waals surface area contributed by atoms with Gasteiger partial charge in [-0.25, -0.2) is 0 Å². The summed E-state index contributed by atoms with van der Waals surface area (Å²) in [5.41, 5.74) is 1.31. The zero-order chi connectivity index (χ0) is 14.4. The van der Waals surface area contributed by atoms with E-state index in [0.717, 1.165) is 18.7 Å². The summed E-state index contributed by atoms with van der Waals surface area (Å²) in [5.74, 6) is 1.01. The molecule has 1 saturated heterocycles. The monoisotopic (exact) mass is 276 g/mol. The summed E-state index contributed by atoms with van der Waals surface area (Å²) in [6, 6.07) is 9.60. The Kier molecular flexibility index (Phi) is 5.86. The second kappa shape index (κ2) is 7.65. The van der Waals surface area contributed by atoms with Gasteiger partial charge in [0.05, 0.1) is 7.11 Å². The fourth-order valence-electron chi connectivity index (χ4n) is 3.10. The van der Waals surface area contributed by atoms with E-state index >= 15 is 0 Å². The molecule has 0 bridgehead atoms. The van der Waals surface area contributed by atoms with Gasteiger partial charge < -0.3 is 15.0 Å². The number of likely N-dealkylation sites (N-methyl/N-ethyl adjacent to an activating group) is 1. The predicted molar refractivity (Wildman–Crippen MR) is 84.4 cm³/mol. The van der Waals surface area contributed by atoms with Crippen molar-refractivity contribution < 1.29 is 4.74 Å². The van der Waals surface area contributed by atoms with Crippen LogP contribution in [0.3, 0.4) is 0 Å². The molecule has 1 fully saturated rings. The molecule has 1 aliphatic heterocycles. The fourth-order valence-corrected chi connectivity index (χ4v) is 3.10. The van der Waals surface area contributed by atoms with Crippen LogP contribution in [0.5, 0.6) is 5.75 Å². The van der Waals surface area contributed by atoms with E-state index in [1.54, 1.807) is 7.11 Å². The number of benzene rings is 1. The van der Waals surface area contributed by atoms with E-state index in [0.29, 0.717) is 12.1 Å². The number of para-hydroxylation sites is 1. The lowest BCUT2D eigenvalue weighted by atomic mass is 10.0. The minimum Gasteiger partial charge on any atom is -0.496 e. The molecule has 3 nitrogen and oxygen atoms in total. The molecule has 3 heteroatoms. The molecule has 0 aliphatic carbocycles. The molecule has 2 atom stereocenters. The van der Waals surface area contributed by atoms with E-state index in [4.69, 9.17) is 4.74 Å². The standard InChI is InChI=1S/C17H28N2O/c1-14(13-15-7-4-5-9-17(15)20-3)19(2)16-8-6-11-18-12-10-16/h4-5,7,9,14,16,18H,6,8,10-13H2,1-3H3. The number of hydrogen-bond acceptors (Lipinski definition) is 3. The lowest BCUT2D eigenvalue weighted by molar-refractivity contribution is 0.169. The minimum atomic E-state index is 0.536. The molecule has 0 saturated carbocycles.